The van der Waals surface area contributed by atoms with Crippen molar-refractivity contribution in [3.05, 3.63) is 29.2 Å². The van der Waals surface area contributed by atoms with E-state index in [0.29, 0.717) is 5.76 Å². The molecule has 3 heteroatoms. The van der Waals surface area contributed by atoms with Gasteiger partial charge in [0.1, 0.15) is 11.5 Å². The van der Waals surface area contributed by atoms with Gasteiger partial charge in [-0.2, -0.15) is 0 Å². The number of aryl methyl sites for hydroxylation is 2. The second-order valence-electron chi connectivity index (χ2n) is 2.62. The number of hydrogen-bond donors (Lipinski definition) is 1. The second-order valence-corrected chi connectivity index (χ2v) is 2.62. The predicted octanol–water partition coefficient (Wildman–Crippen LogP) is 1.39. The van der Waals surface area contributed by atoms with Crippen LogP contribution in [0.4, 0.5) is 0 Å². The molecular weight excluding hydrogens is 154 g/mol. The van der Waals surface area contributed by atoms with Gasteiger partial charge >= 0.3 is 0 Å². The van der Waals surface area contributed by atoms with E-state index in [1.165, 1.54) is 6.08 Å². The van der Waals surface area contributed by atoms with E-state index in [4.69, 9.17) is 10.2 Å². The van der Waals surface area contributed by atoms with Crippen LogP contribution < -0.4 is 5.73 Å². The molecule has 1 aromatic rings. The maximum absolute atomic E-state index is 10.4. The second kappa shape index (κ2) is 3.26. The Bertz CT molecular complexity index is 304. The fraction of sp³-hybridized carbons (Fsp3) is 0.222. The first-order chi connectivity index (χ1) is 5.59. The topological polar surface area (TPSA) is 56.2 Å². The van der Waals surface area contributed by atoms with Crippen molar-refractivity contribution in [2.75, 3.05) is 0 Å². The smallest absolute Gasteiger partial charge is 0.241 e. The molecular formula is C9H11NO2. The van der Waals surface area contributed by atoms with Gasteiger partial charge in [-0.1, -0.05) is 0 Å². The van der Waals surface area contributed by atoms with Crippen molar-refractivity contribution >= 4 is 12.0 Å². The summed E-state index contributed by atoms with van der Waals surface area (Å²) < 4.78 is 5.27. The van der Waals surface area contributed by atoms with Crippen molar-refractivity contribution in [3.63, 3.8) is 0 Å². The molecule has 1 rings (SSSR count). The van der Waals surface area contributed by atoms with Crippen LogP contribution >= 0.6 is 0 Å². The molecule has 0 aliphatic rings. The molecule has 12 heavy (non-hydrogen) atoms. The number of rotatable bonds is 2. The Morgan fingerprint density at radius 1 is 1.58 bits per heavy atom. The van der Waals surface area contributed by atoms with Crippen molar-refractivity contribution < 1.29 is 9.21 Å². The Morgan fingerprint density at radius 3 is 2.67 bits per heavy atom. The Kier molecular flexibility index (Phi) is 2.33. The van der Waals surface area contributed by atoms with Crippen molar-refractivity contribution in [1.82, 2.24) is 0 Å². The van der Waals surface area contributed by atoms with Crippen molar-refractivity contribution in [1.29, 1.82) is 0 Å². The summed E-state index contributed by atoms with van der Waals surface area (Å²) in [5, 5.41) is 0. The first kappa shape index (κ1) is 8.59. The number of carbonyl (C=O) groups excluding carboxylic acids is 1. The third kappa shape index (κ3) is 1.99. The standard InChI is InChI=1S/C9H11NO2/c1-6-5-8(12-7(6)2)3-4-9(10)11/h3-5H,1-2H3,(H2,10,11)/b4-3-. The minimum absolute atomic E-state index is 0.471. The van der Waals surface area contributed by atoms with E-state index >= 15 is 0 Å². The highest BCUT2D eigenvalue weighted by Gasteiger charge is 1.99. The fourth-order valence-electron chi connectivity index (χ4n) is 0.848. The van der Waals surface area contributed by atoms with E-state index in [0.717, 1.165) is 11.3 Å². The van der Waals surface area contributed by atoms with Crippen LogP contribution in [-0.4, -0.2) is 5.91 Å². The van der Waals surface area contributed by atoms with Gasteiger partial charge in [-0.05, 0) is 31.6 Å². The lowest BCUT2D eigenvalue weighted by Crippen LogP contribution is -2.04. The van der Waals surface area contributed by atoms with E-state index in [2.05, 4.69) is 0 Å². The van der Waals surface area contributed by atoms with Crippen LogP contribution in [0.5, 0.6) is 0 Å². The molecule has 0 spiro atoms. The highest BCUT2D eigenvalue weighted by atomic mass is 16.3. The quantitative estimate of drug-likeness (QED) is 0.673. The molecule has 0 bridgehead atoms. The van der Waals surface area contributed by atoms with E-state index in [1.54, 1.807) is 6.08 Å². The van der Waals surface area contributed by atoms with Gasteiger partial charge in [0.05, 0.1) is 0 Å². The van der Waals surface area contributed by atoms with Gasteiger partial charge in [-0.3, -0.25) is 4.79 Å². The number of carbonyl (C=O) groups is 1. The zero-order valence-electron chi connectivity index (χ0n) is 7.13. The van der Waals surface area contributed by atoms with Gasteiger partial charge < -0.3 is 10.2 Å². The van der Waals surface area contributed by atoms with Crippen molar-refractivity contribution in [2.24, 2.45) is 5.73 Å². The Hall–Kier alpha value is -1.51. The molecule has 0 radical (unpaired) electrons. The first-order valence-electron chi connectivity index (χ1n) is 3.64. The molecule has 3 nitrogen and oxygen atoms in total. The van der Waals surface area contributed by atoms with E-state index < -0.39 is 5.91 Å². The lowest BCUT2D eigenvalue weighted by Gasteiger charge is -1.83. The van der Waals surface area contributed by atoms with Crippen LogP contribution in [0.2, 0.25) is 0 Å². The summed E-state index contributed by atoms with van der Waals surface area (Å²) in [5.41, 5.74) is 5.99. The summed E-state index contributed by atoms with van der Waals surface area (Å²) >= 11 is 0. The fourth-order valence-corrected chi connectivity index (χ4v) is 0.848. The van der Waals surface area contributed by atoms with Crippen LogP contribution in [0.15, 0.2) is 16.6 Å². The number of amides is 1. The van der Waals surface area contributed by atoms with Crippen LogP contribution in [0.25, 0.3) is 6.08 Å². The van der Waals surface area contributed by atoms with Gasteiger partial charge in [0.25, 0.3) is 0 Å². The molecule has 2 N–H and O–H groups in total. The van der Waals surface area contributed by atoms with Crippen LogP contribution in [0.3, 0.4) is 0 Å². The summed E-state index contributed by atoms with van der Waals surface area (Å²) in [6, 6.07) is 1.86. The molecule has 0 fully saturated rings. The molecule has 64 valence electrons. The molecule has 1 heterocycles. The predicted molar refractivity (Wildman–Crippen MR) is 46.4 cm³/mol. The SMILES string of the molecule is Cc1cc(/C=C\C(N)=O)oc1C. The molecule has 0 saturated heterocycles. The molecule has 0 aliphatic carbocycles. The molecule has 1 amide bonds. The molecule has 0 unspecified atom stereocenters. The summed E-state index contributed by atoms with van der Waals surface area (Å²) in [7, 11) is 0. The third-order valence-electron chi connectivity index (χ3n) is 1.60. The average Bonchev–Trinajstić information content (AvgIpc) is 2.28. The largest absolute Gasteiger partial charge is 0.462 e. The number of furan rings is 1. The van der Waals surface area contributed by atoms with Crippen molar-refractivity contribution in [2.45, 2.75) is 13.8 Å². The lowest BCUT2D eigenvalue weighted by atomic mass is 10.3. The van der Waals surface area contributed by atoms with E-state index in [9.17, 15) is 4.79 Å². The zero-order chi connectivity index (χ0) is 9.14. The number of hydrogen-bond acceptors (Lipinski definition) is 2. The average molecular weight is 165 g/mol. The zero-order valence-corrected chi connectivity index (χ0v) is 7.13. The molecule has 0 atom stereocenters. The highest BCUT2D eigenvalue weighted by Crippen LogP contribution is 2.13. The highest BCUT2D eigenvalue weighted by molar-refractivity contribution is 5.89. The van der Waals surface area contributed by atoms with E-state index in [1.807, 2.05) is 19.9 Å². The summed E-state index contributed by atoms with van der Waals surface area (Å²) in [6.07, 6.45) is 2.83. The summed E-state index contributed by atoms with van der Waals surface area (Å²) in [6.45, 7) is 3.82. The van der Waals surface area contributed by atoms with E-state index in [-0.39, 0.29) is 0 Å². The minimum Gasteiger partial charge on any atom is -0.462 e. The van der Waals surface area contributed by atoms with Gasteiger partial charge in [-0.25, -0.2) is 0 Å². The normalized spacial score (nSPS) is 10.8. The maximum Gasteiger partial charge on any atom is 0.241 e. The Balaban J connectivity index is 2.83. The monoisotopic (exact) mass is 165 g/mol. The van der Waals surface area contributed by atoms with Gasteiger partial charge in [0.2, 0.25) is 5.91 Å². The van der Waals surface area contributed by atoms with Crippen LogP contribution in [-0.2, 0) is 4.79 Å². The maximum atomic E-state index is 10.4. The van der Waals surface area contributed by atoms with Gasteiger partial charge in [-0.15, -0.1) is 0 Å². The van der Waals surface area contributed by atoms with Crippen LogP contribution in [0.1, 0.15) is 17.1 Å². The molecule has 0 aliphatic heterocycles. The first-order valence-corrected chi connectivity index (χ1v) is 3.64. The van der Waals surface area contributed by atoms with Gasteiger partial charge in [0.15, 0.2) is 0 Å². The number of nitrogens with two attached hydrogens (primary N) is 1. The summed E-state index contributed by atoms with van der Waals surface area (Å²) in [4.78, 5) is 10.4. The van der Waals surface area contributed by atoms with Crippen molar-refractivity contribution in [3.8, 4) is 0 Å². The Labute approximate surface area is 70.9 Å². The molecule has 0 saturated carbocycles. The molecule has 0 aromatic carbocycles. The summed E-state index contributed by atoms with van der Waals surface area (Å²) in [5.74, 6) is 1.05. The third-order valence-corrected chi connectivity index (χ3v) is 1.60. The number of primary amides is 1. The minimum atomic E-state index is -0.471. The molecule has 1 aromatic heterocycles. The lowest BCUT2D eigenvalue weighted by molar-refractivity contribution is -0.113. The van der Waals surface area contributed by atoms with Gasteiger partial charge in [0, 0.05) is 6.08 Å². The Morgan fingerprint density at radius 2 is 2.25 bits per heavy atom. The van der Waals surface area contributed by atoms with Crippen LogP contribution in [0, 0.1) is 13.8 Å².